The van der Waals surface area contributed by atoms with Crippen LogP contribution in [0.4, 0.5) is 0 Å². The Morgan fingerprint density at radius 1 is 1.39 bits per heavy atom. The van der Waals surface area contributed by atoms with Crippen molar-refractivity contribution in [2.24, 2.45) is 16.7 Å². The monoisotopic (exact) mass is 266 g/mol. The Balaban J connectivity index is 2.03. The van der Waals surface area contributed by atoms with Crippen LogP contribution in [0, 0.1) is 23.7 Å². The molecule has 0 aromatic carbocycles. The number of amides is 1. The van der Waals surface area contributed by atoms with E-state index in [1.165, 1.54) is 0 Å². The number of hydrogen-bond donors (Lipinski definition) is 0. The van der Waals surface area contributed by atoms with Gasteiger partial charge >= 0.3 is 0 Å². The van der Waals surface area contributed by atoms with Crippen LogP contribution in [-0.4, -0.2) is 22.8 Å². The third-order valence-electron chi connectivity index (χ3n) is 4.71. The van der Waals surface area contributed by atoms with E-state index >= 15 is 0 Å². The lowest BCUT2D eigenvalue weighted by Crippen LogP contribution is -2.29. The van der Waals surface area contributed by atoms with E-state index in [0.29, 0.717) is 6.54 Å². The van der Waals surface area contributed by atoms with Gasteiger partial charge in [-0.1, -0.05) is 27.7 Å². The van der Waals surface area contributed by atoms with Gasteiger partial charge in [0.2, 0.25) is 5.91 Å². The minimum Gasteiger partial charge on any atom is -0.340 e. The Morgan fingerprint density at radius 3 is 2.33 bits per heavy atom. The summed E-state index contributed by atoms with van der Waals surface area (Å²) in [6, 6.07) is 0. The first-order valence-corrected chi connectivity index (χ1v) is 7.16. The largest absolute Gasteiger partial charge is 0.340 e. The van der Waals surface area contributed by atoms with Gasteiger partial charge in [-0.25, -0.2) is 4.98 Å². The van der Waals surface area contributed by atoms with Gasteiger partial charge in [0.15, 0.2) is 0 Å². The van der Waals surface area contributed by atoms with Crippen molar-refractivity contribution < 1.29 is 4.79 Å². The molecule has 100 valence electrons. The fourth-order valence-corrected chi connectivity index (χ4v) is 3.67. The molecule has 2 rings (SSSR count). The Kier molecular flexibility index (Phi) is 3.05. The molecule has 1 heterocycles. The summed E-state index contributed by atoms with van der Waals surface area (Å²) >= 11 is 1.66. The average molecular weight is 266 g/mol. The predicted octanol–water partition coefficient (Wildman–Crippen LogP) is 3.09. The van der Waals surface area contributed by atoms with Gasteiger partial charge in [-0.15, -0.1) is 11.3 Å². The van der Waals surface area contributed by atoms with Gasteiger partial charge in [0.05, 0.1) is 11.6 Å². The molecule has 1 saturated carbocycles. The van der Waals surface area contributed by atoms with Gasteiger partial charge in [0.1, 0.15) is 0 Å². The van der Waals surface area contributed by atoms with Crippen LogP contribution in [0.2, 0.25) is 0 Å². The van der Waals surface area contributed by atoms with Gasteiger partial charge in [-0.05, 0) is 17.8 Å². The minimum atomic E-state index is 0.113. The molecule has 1 aliphatic rings. The van der Waals surface area contributed by atoms with Crippen molar-refractivity contribution in [3.63, 3.8) is 0 Å². The lowest BCUT2D eigenvalue weighted by Gasteiger charge is -2.17. The highest BCUT2D eigenvalue weighted by atomic mass is 32.1. The fraction of sp³-hybridized carbons (Fsp3) is 0.714. The maximum atomic E-state index is 12.5. The van der Waals surface area contributed by atoms with E-state index in [9.17, 15) is 4.79 Å². The lowest BCUT2D eigenvalue weighted by atomic mass is 10.0. The first-order chi connectivity index (χ1) is 8.18. The molecule has 0 atom stereocenters. The van der Waals surface area contributed by atoms with Crippen molar-refractivity contribution in [3.05, 3.63) is 16.1 Å². The molecule has 0 bridgehead atoms. The first kappa shape index (κ1) is 13.5. The summed E-state index contributed by atoms with van der Waals surface area (Å²) in [4.78, 5) is 19.7. The molecule has 1 aliphatic carbocycles. The number of rotatable bonds is 3. The van der Waals surface area contributed by atoms with E-state index in [1.54, 1.807) is 11.3 Å². The van der Waals surface area contributed by atoms with Crippen molar-refractivity contribution in [3.8, 4) is 0 Å². The van der Waals surface area contributed by atoms with Crippen LogP contribution in [-0.2, 0) is 11.3 Å². The molecule has 3 nitrogen and oxygen atoms in total. The van der Waals surface area contributed by atoms with Crippen LogP contribution in [0.3, 0.4) is 0 Å². The summed E-state index contributed by atoms with van der Waals surface area (Å²) in [7, 11) is 1.89. The van der Waals surface area contributed by atoms with Crippen molar-refractivity contribution >= 4 is 17.2 Å². The van der Waals surface area contributed by atoms with Crippen LogP contribution in [0.5, 0.6) is 0 Å². The zero-order valence-corrected chi connectivity index (χ0v) is 12.9. The van der Waals surface area contributed by atoms with E-state index in [4.69, 9.17) is 0 Å². The second-order valence-corrected chi connectivity index (χ2v) is 7.74. The number of thiazole rings is 1. The van der Waals surface area contributed by atoms with Crippen LogP contribution < -0.4 is 0 Å². The van der Waals surface area contributed by atoms with Crippen molar-refractivity contribution in [1.29, 1.82) is 0 Å². The van der Waals surface area contributed by atoms with Crippen molar-refractivity contribution in [1.82, 2.24) is 9.88 Å². The van der Waals surface area contributed by atoms with E-state index in [2.05, 4.69) is 32.7 Å². The summed E-state index contributed by atoms with van der Waals surface area (Å²) in [5, 5.41) is 1.05. The number of carbonyl (C=O) groups excluding carboxylic acids is 1. The number of hydrogen-bond acceptors (Lipinski definition) is 3. The summed E-state index contributed by atoms with van der Waals surface area (Å²) in [5.74, 6) is 0.403. The Labute approximate surface area is 113 Å². The van der Waals surface area contributed by atoms with Gasteiger partial charge < -0.3 is 4.90 Å². The number of aromatic nitrogens is 1. The van der Waals surface area contributed by atoms with E-state index < -0.39 is 0 Å². The summed E-state index contributed by atoms with van der Waals surface area (Å²) in [6.07, 6.45) is 1.87. The summed E-state index contributed by atoms with van der Waals surface area (Å²) in [6.45, 7) is 11.4. The summed E-state index contributed by atoms with van der Waals surface area (Å²) in [5.41, 5.74) is 0.226. The molecule has 0 aliphatic heterocycles. The Bertz CT molecular complexity index is 462. The topological polar surface area (TPSA) is 33.2 Å². The van der Waals surface area contributed by atoms with Crippen LogP contribution in [0.1, 0.15) is 37.6 Å². The van der Waals surface area contributed by atoms with Crippen LogP contribution in [0.15, 0.2) is 6.20 Å². The molecular formula is C14H22N2OS. The van der Waals surface area contributed by atoms with Crippen molar-refractivity contribution in [2.75, 3.05) is 7.05 Å². The molecule has 0 spiro atoms. The Hall–Kier alpha value is -0.900. The Morgan fingerprint density at radius 2 is 1.94 bits per heavy atom. The fourth-order valence-electron chi connectivity index (χ4n) is 2.82. The van der Waals surface area contributed by atoms with Gasteiger partial charge in [-0.2, -0.15) is 0 Å². The number of nitrogens with zero attached hydrogens (tertiary/aromatic N) is 2. The van der Waals surface area contributed by atoms with Crippen LogP contribution in [0.25, 0.3) is 0 Å². The predicted molar refractivity (Wildman–Crippen MR) is 74.4 cm³/mol. The smallest absolute Gasteiger partial charge is 0.226 e. The lowest BCUT2D eigenvalue weighted by molar-refractivity contribution is -0.133. The quantitative estimate of drug-likeness (QED) is 0.842. The molecule has 0 saturated heterocycles. The molecule has 0 radical (unpaired) electrons. The van der Waals surface area contributed by atoms with Gasteiger partial charge in [0, 0.05) is 24.0 Å². The second-order valence-electron chi connectivity index (χ2n) is 6.42. The average Bonchev–Trinajstić information content (AvgIpc) is 2.57. The zero-order valence-electron chi connectivity index (χ0n) is 12.1. The zero-order chi connectivity index (χ0) is 13.7. The van der Waals surface area contributed by atoms with E-state index in [1.807, 2.05) is 25.1 Å². The van der Waals surface area contributed by atoms with E-state index in [-0.39, 0.29) is 22.7 Å². The molecule has 0 N–H and O–H groups in total. The van der Waals surface area contributed by atoms with Crippen molar-refractivity contribution in [2.45, 2.75) is 41.2 Å². The van der Waals surface area contributed by atoms with Crippen LogP contribution >= 0.6 is 11.3 Å². The molecule has 18 heavy (non-hydrogen) atoms. The summed E-state index contributed by atoms with van der Waals surface area (Å²) < 4.78 is 0. The highest BCUT2D eigenvalue weighted by molar-refractivity contribution is 7.11. The van der Waals surface area contributed by atoms with Gasteiger partial charge in [0.25, 0.3) is 0 Å². The molecule has 1 aromatic rings. The second kappa shape index (κ2) is 4.05. The third kappa shape index (κ3) is 1.96. The maximum Gasteiger partial charge on any atom is 0.226 e. The molecule has 4 heteroatoms. The SMILES string of the molecule is Cc1ncc(CN(C)C(=O)C2C(C)(C)C2(C)C)s1. The molecule has 0 unspecified atom stereocenters. The first-order valence-electron chi connectivity index (χ1n) is 6.34. The highest BCUT2D eigenvalue weighted by Crippen LogP contribution is 2.68. The minimum absolute atomic E-state index is 0.113. The normalized spacial score (nSPS) is 20.8. The van der Waals surface area contributed by atoms with E-state index in [0.717, 1.165) is 9.88 Å². The number of carbonyl (C=O) groups is 1. The number of aryl methyl sites for hydroxylation is 1. The molecule has 1 fully saturated rings. The standard InChI is InChI=1S/C14H22N2OS/c1-9-15-7-10(18-9)8-16(6)12(17)11-13(2,3)14(11,4)5/h7,11H,8H2,1-6H3. The maximum absolute atomic E-state index is 12.5. The molecule has 1 aromatic heterocycles. The third-order valence-corrected chi connectivity index (χ3v) is 5.60. The molecular weight excluding hydrogens is 244 g/mol. The molecule has 1 amide bonds. The van der Waals surface area contributed by atoms with Gasteiger partial charge in [-0.3, -0.25) is 4.79 Å². The highest BCUT2D eigenvalue weighted by Gasteiger charge is 2.68.